The van der Waals surface area contributed by atoms with Crippen molar-refractivity contribution in [2.75, 3.05) is 6.61 Å². The summed E-state index contributed by atoms with van der Waals surface area (Å²) in [6.45, 7) is -0.635. The molecule has 0 saturated heterocycles. The predicted molar refractivity (Wildman–Crippen MR) is 35.9 cm³/mol. The van der Waals surface area contributed by atoms with Gasteiger partial charge in [-0.1, -0.05) is 0 Å². The number of aliphatic hydroxyl groups is 4. The molecular formula is C6H10O5. The minimum absolute atomic E-state index is 0.118. The Morgan fingerprint density at radius 3 is 2.36 bits per heavy atom. The maximum absolute atomic E-state index is 9.78. The topological polar surface area (TPSA) is 98.0 Å². The number of hydrogen-bond acceptors (Lipinski definition) is 5. The molecule has 5 nitrogen and oxygen atoms in total. The fraction of sp³-hybridized carbons (Fsp3) is 0.500. The van der Waals surface area contributed by atoms with Crippen LogP contribution in [0.2, 0.25) is 0 Å². The molecule has 0 bridgehead atoms. The molecule has 0 aromatic carbocycles. The smallest absolute Gasteiger partial charge is 0.184 e. The predicted octanol–water partition coefficient (Wildman–Crippen LogP) is -1.66. The summed E-state index contributed by atoms with van der Waals surface area (Å²) in [5.74, 6) is -0.676. The normalized spacial score (nSPS) is 17.5. The molecule has 0 spiro atoms. The van der Waals surface area contributed by atoms with E-state index in [9.17, 15) is 4.79 Å². The number of carbonyl (C=O) groups is 1. The van der Waals surface area contributed by atoms with Gasteiger partial charge in [0.2, 0.25) is 0 Å². The summed E-state index contributed by atoms with van der Waals surface area (Å²) in [5, 5.41) is 34.3. The van der Waals surface area contributed by atoms with Crippen molar-refractivity contribution in [1.29, 1.82) is 0 Å². The number of aliphatic hydroxyl groups excluding tert-OH is 4. The van der Waals surface area contributed by atoms with Crippen LogP contribution in [0.25, 0.3) is 0 Å². The van der Waals surface area contributed by atoms with Crippen molar-refractivity contribution in [3.05, 3.63) is 11.8 Å². The van der Waals surface area contributed by atoms with Crippen LogP contribution in [-0.2, 0) is 4.79 Å². The first-order valence-electron chi connectivity index (χ1n) is 2.94. The van der Waals surface area contributed by atoms with Crippen molar-refractivity contribution >= 4 is 6.29 Å². The highest BCUT2D eigenvalue weighted by Crippen LogP contribution is 1.96. The molecule has 2 atom stereocenters. The van der Waals surface area contributed by atoms with Gasteiger partial charge in [-0.25, -0.2) is 0 Å². The van der Waals surface area contributed by atoms with Crippen molar-refractivity contribution in [2.45, 2.75) is 12.2 Å². The molecule has 5 heteroatoms. The number of hydrogen-bond donors (Lipinski definition) is 4. The maximum Gasteiger partial charge on any atom is 0.184 e. The first-order chi connectivity index (χ1) is 5.11. The summed E-state index contributed by atoms with van der Waals surface area (Å²) in [4.78, 5) is 9.78. The van der Waals surface area contributed by atoms with E-state index in [4.69, 9.17) is 20.4 Å². The first-order valence-corrected chi connectivity index (χ1v) is 2.94. The number of aldehydes is 1. The molecule has 0 rings (SSSR count). The third-order valence-electron chi connectivity index (χ3n) is 1.04. The second-order valence-electron chi connectivity index (χ2n) is 1.95. The first kappa shape index (κ1) is 10.1. The third kappa shape index (κ3) is 3.72. The molecule has 11 heavy (non-hydrogen) atoms. The zero-order valence-corrected chi connectivity index (χ0v) is 5.71. The van der Waals surface area contributed by atoms with Crippen molar-refractivity contribution < 1.29 is 25.2 Å². The van der Waals surface area contributed by atoms with Gasteiger partial charge < -0.3 is 20.4 Å². The molecule has 4 N–H and O–H groups in total. The van der Waals surface area contributed by atoms with Crippen LogP contribution in [0, 0.1) is 0 Å². The number of carbonyl (C=O) groups excluding carboxylic acids is 1. The SMILES string of the molecule is O=CC(O)=CC(O)C(O)CO. The fourth-order valence-electron chi connectivity index (χ4n) is 0.433. The van der Waals surface area contributed by atoms with Crippen LogP contribution in [0.4, 0.5) is 0 Å². The Hall–Kier alpha value is -0.910. The average molecular weight is 162 g/mol. The minimum atomic E-state index is -1.43. The summed E-state index contributed by atoms with van der Waals surface area (Å²) in [6, 6.07) is 0. The highest BCUT2D eigenvalue weighted by atomic mass is 16.4. The van der Waals surface area contributed by atoms with Crippen LogP contribution in [-0.4, -0.2) is 45.5 Å². The Morgan fingerprint density at radius 1 is 1.45 bits per heavy atom. The molecule has 64 valence electrons. The van der Waals surface area contributed by atoms with Crippen LogP contribution in [0.3, 0.4) is 0 Å². The van der Waals surface area contributed by atoms with E-state index in [1.807, 2.05) is 0 Å². The van der Waals surface area contributed by atoms with Crippen LogP contribution in [0.5, 0.6) is 0 Å². The summed E-state index contributed by atoms with van der Waals surface area (Å²) >= 11 is 0. The molecule has 0 aromatic heterocycles. The molecule has 0 aliphatic carbocycles. The van der Waals surface area contributed by atoms with Crippen molar-refractivity contribution in [1.82, 2.24) is 0 Å². The van der Waals surface area contributed by atoms with Gasteiger partial charge >= 0.3 is 0 Å². The van der Waals surface area contributed by atoms with Crippen molar-refractivity contribution in [3.63, 3.8) is 0 Å². The average Bonchev–Trinajstić information content (AvgIpc) is 2.02. The molecule has 0 fully saturated rings. The molecule has 0 amide bonds. The zero-order chi connectivity index (χ0) is 8.85. The third-order valence-corrected chi connectivity index (χ3v) is 1.04. The van der Waals surface area contributed by atoms with Gasteiger partial charge in [-0.2, -0.15) is 0 Å². The van der Waals surface area contributed by atoms with Crippen LogP contribution >= 0.6 is 0 Å². The Morgan fingerprint density at radius 2 is 2.00 bits per heavy atom. The van der Waals surface area contributed by atoms with Gasteiger partial charge in [0.05, 0.1) is 6.61 Å². The largest absolute Gasteiger partial charge is 0.505 e. The second kappa shape index (κ2) is 4.84. The monoisotopic (exact) mass is 162 g/mol. The minimum Gasteiger partial charge on any atom is -0.505 e. The van der Waals surface area contributed by atoms with E-state index >= 15 is 0 Å². The molecule has 0 aliphatic rings. The quantitative estimate of drug-likeness (QED) is 0.225. The van der Waals surface area contributed by atoms with Gasteiger partial charge in [-0.15, -0.1) is 0 Å². The van der Waals surface area contributed by atoms with Gasteiger partial charge in [0.25, 0.3) is 0 Å². The molecule has 0 heterocycles. The van der Waals surface area contributed by atoms with Crippen LogP contribution < -0.4 is 0 Å². The van der Waals surface area contributed by atoms with Gasteiger partial charge in [-0.3, -0.25) is 4.79 Å². The Kier molecular flexibility index (Phi) is 4.44. The number of allylic oxidation sites excluding steroid dienone is 1. The lowest BCUT2D eigenvalue weighted by Crippen LogP contribution is -2.27. The standard InChI is InChI=1S/C6H10O5/c7-2-4(9)1-5(10)6(11)3-8/h1-2,5-6,8-11H,3H2. The van der Waals surface area contributed by atoms with E-state index < -0.39 is 24.6 Å². The molecule has 0 aromatic rings. The van der Waals surface area contributed by atoms with E-state index in [0.29, 0.717) is 0 Å². The van der Waals surface area contributed by atoms with E-state index in [-0.39, 0.29) is 6.29 Å². The number of rotatable bonds is 4. The highest BCUT2D eigenvalue weighted by Gasteiger charge is 2.12. The van der Waals surface area contributed by atoms with E-state index in [1.54, 1.807) is 0 Å². The summed E-state index contributed by atoms with van der Waals surface area (Å²) in [5.41, 5.74) is 0. The second-order valence-corrected chi connectivity index (χ2v) is 1.95. The molecular weight excluding hydrogens is 152 g/mol. The Balaban J connectivity index is 4.03. The summed E-state index contributed by atoms with van der Waals surface area (Å²) < 4.78 is 0. The maximum atomic E-state index is 9.78. The van der Waals surface area contributed by atoms with E-state index in [0.717, 1.165) is 6.08 Å². The van der Waals surface area contributed by atoms with Gasteiger partial charge in [0.15, 0.2) is 12.0 Å². The van der Waals surface area contributed by atoms with Crippen LogP contribution in [0.1, 0.15) is 0 Å². The van der Waals surface area contributed by atoms with Gasteiger partial charge in [0, 0.05) is 0 Å². The van der Waals surface area contributed by atoms with E-state index in [1.165, 1.54) is 0 Å². The highest BCUT2D eigenvalue weighted by molar-refractivity contribution is 5.69. The van der Waals surface area contributed by atoms with Crippen molar-refractivity contribution in [3.8, 4) is 0 Å². The Bertz CT molecular complexity index is 153. The summed E-state index contributed by atoms with van der Waals surface area (Å²) in [6.07, 6.45) is -1.94. The lowest BCUT2D eigenvalue weighted by atomic mass is 10.2. The lowest BCUT2D eigenvalue weighted by Gasteiger charge is -2.10. The molecule has 0 radical (unpaired) electrons. The van der Waals surface area contributed by atoms with Gasteiger partial charge in [-0.05, 0) is 6.08 Å². The van der Waals surface area contributed by atoms with Gasteiger partial charge in [0.1, 0.15) is 12.2 Å². The van der Waals surface area contributed by atoms with Crippen LogP contribution in [0.15, 0.2) is 11.8 Å². The summed E-state index contributed by atoms with van der Waals surface area (Å²) in [7, 11) is 0. The molecule has 0 aliphatic heterocycles. The fourth-order valence-corrected chi connectivity index (χ4v) is 0.433. The molecule has 2 unspecified atom stereocenters. The Labute approximate surface area is 63.2 Å². The zero-order valence-electron chi connectivity index (χ0n) is 5.71. The lowest BCUT2D eigenvalue weighted by molar-refractivity contribution is -0.107. The molecule has 0 saturated carbocycles. The van der Waals surface area contributed by atoms with E-state index in [2.05, 4.69) is 0 Å². The van der Waals surface area contributed by atoms with Crippen molar-refractivity contribution in [2.24, 2.45) is 0 Å².